The smallest absolute Gasteiger partial charge is 0.134 e. The van der Waals surface area contributed by atoms with Gasteiger partial charge in [-0.2, -0.15) is 0 Å². The highest BCUT2D eigenvalue weighted by atomic mass is 15.6. The predicted molar refractivity (Wildman–Crippen MR) is 56.0 cm³/mol. The summed E-state index contributed by atoms with van der Waals surface area (Å²) in [7, 11) is 0. The summed E-state index contributed by atoms with van der Waals surface area (Å²) in [5.41, 5.74) is -0.329. The molecular formula is C10H20N4. The molecule has 0 fully saturated rings. The Morgan fingerprint density at radius 2 is 1.29 bits per heavy atom. The first-order valence-electron chi connectivity index (χ1n) is 5.00. The number of hydrogen-bond acceptors (Lipinski definition) is 4. The van der Waals surface area contributed by atoms with E-state index in [0.717, 1.165) is 6.42 Å². The van der Waals surface area contributed by atoms with Crippen molar-refractivity contribution in [1.82, 2.24) is 0 Å². The molecule has 0 bridgehead atoms. The van der Waals surface area contributed by atoms with E-state index in [4.69, 9.17) is 0 Å². The minimum absolute atomic E-state index is 0.0379. The predicted octanol–water partition coefficient (Wildman–Crippen LogP) is 4.00. The zero-order valence-corrected chi connectivity index (χ0v) is 10.00. The van der Waals surface area contributed by atoms with Crippen molar-refractivity contribution in [2.45, 2.75) is 53.6 Å². The molecule has 0 amide bonds. The molecule has 0 aromatic heterocycles. The van der Waals surface area contributed by atoms with Gasteiger partial charge in [-0.15, -0.1) is 10.2 Å². The first-order valence-corrected chi connectivity index (χ1v) is 5.00. The zero-order chi connectivity index (χ0) is 11.0. The third-order valence-corrected chi connectivity index (χ3v) is 2.44. The Balaban J connectivity index is 2.97. The molecule has 80 valence electrons. The van der Waals surface area contributed by atoms with Crippen molar-refractivity contribution < 1.29 is 0 Å². The van der Waals surface area contributed by atoms with E-state index in [1.807, 2.05) is 0 Å². The van der Waals surface area contributed by atoms with E-state index in [2.05, 4.69) is 62.2 Å². The monoisotopic (exact) mass is 196 g/mol. The standard InChI is InChI=1S/C10H20N4/c1-8(2,3)7-10(9(4,5)6)11-13-14-12-10/h7H2,1-6H3. The number of nitrogens with zero attached hydrogens (tertiary/aromatic N) is 4. The Labute approximate surface area is 85.9 Å². The van der Waals surface area contributed by atoms with E-state index in [1.165, 1.54) is 0 Å². The van der Waals surface area contributed by atoms with Crippen LogP contribution in [0.1, 0.15) is 48.0 Å². The van der Waals surface area contributed by atoms with Crippen LogP contribution in [0, 0.1) is 10.8 Å². The maximum absolute atomic E-state index is 4.22. The van der Waals surface area contributed by atoms with Gasteiger partial charge in [0.2, 0.25) is 5.66 Å². The van der Waals surface area contributed by atoms with Crippen molar-refractivity contribution in [2.24, 2.45) is 31.5 Å². The fourth-order valence-corrected chi connectivity index (χ4v) is 1.58. The van der Waals surface area contributed by atoms with Crippen LogP contribution >= 0.6 is 0 Å². The van der Waals surface area contributed by atoms with Gasteiger partial charge in [-0.25, -0.2) is 0 Å². The van der Waals surface area contributed by atoms with Crippen LogP contribution in [-0.2, 0) is 0 Å². The lowest BCUT2D eigenvalue weighted by Gasteiger charge is -2.37. The van der Waals surface area contributed by atoms with Gasteiger partial charge in [-0.3, -0.25) is 0 Å². The normalized spacial score (nSPS) is 20.4. The minimum Gasteiger partial charge on any atom is -0.134 e. The van der Waals surface area contributed by atoms with E-state index < -0.39 is 5.66 Å². The third kappa shape index (κ3) is 2.16. The Hall–Kier alpha value is -0.800. The van der Waals surface area contributed by atoms with Crippen LogP contribution in [-0.4, -0.2) is 5.66 Å². The largest absolute Gasteiger partial charge is 0.200 e. The molecule has 4 heteroatoms. The van der Waals surface area contributed by atoms with Crippen molar-refractivity contribution in [3.8, 4) is 0 Å². The summed E-state index contributed by atoms with van der Waals surface area (Å²) in [6.45, 7) is 12.9. The molecule has 1 aliphatic heterocycles. The molecule has 0 radical (unpaired) electrons. The number of rotatable bonds is 1. The van der Waals surface area contributed by atoms with Gasteiger partial charge in [0.25, 0.3) is 0 Å². The third-order valence-electron chi connectivity index (χ3n) is 2.44. The summed E-state index contributed by atoms with van der Waals surface area (Å²) in [4.78, 5) is 0. The molecule has 4 nitrogen and oxygen atoms in total. The second kappa shape index (κ2) is 3.11. The Kier molecular flexibility index (Phi) is 2.50. The van der Waals surface area contributed by atoms with Gasteiger partial charge in [-0.05, 0) is 15.9 Å². The first-order chi connectivity index (χ1) is 6.16. The summed E-state index contributed by atoms with van der Waals surface area (Å²) in [6.07, 6.45) is 0.872. The Morgan fingerprint density at radius 3 is 1.57 bits per heavy atom. The van der Waals surface area contributed by atoms with Gasteiger partial charge in [0, 0.05) is 11.8 Å². The van der Waals surface area contributed by atoms with E-state index in [9.17, 15) is 0 Å². The average molecular weight is 196 g/mol. The van der Waals surface area contributed by atoms with Crippen molar-refractivity contribution in [2.75, 3.05) is 0 Å². The van der Waals surface area contributed by atoms with Gasteiger partial charge in [0.1, 0.15) is 0 Å². The van der Waals surface area contributed by atoms with Crippen LogP contribution in [0.25, 0.3) is 0 Å². The molecule has 0 N–H and O–H groups in total. The molecular weight excluding hydrogens is 176 g/mol. The molecule has 0 aromatic carbocycles. The van der Waals surface area contributed by atoms with Crippen LogP contribution in [0.5, 0.6) is 0 Å². The average Bonchev–Trinajstić information content (AvgIpc) is 2.31. The van der Waals surface area contributed by atoms with E-state index in [0.29, 0.717) is 0 Å². The SMILES string of the molecule is CC(C)(C)CC1(C(C)(C)C)N=NN=N1. The fraction of sp³-hybridized carbons (Fsp3) is 1.00. The van der Waals surface area contributed by atoms with Gasteiger partial charge < -0.3 is 0 Å². The van der Waals surface area contributed by atoms with Crippen LogP contribution in [0.3, 0.4) is 0 Å². The second-order valence-electron chi connectivity index (χ2n) is 6.18. The lowest BCUT2D eigenvalue weighted by atomic mass is 9.72. The highest BCUT2D eigenvalue weighted by Crippen LogP contribution is 2.45. The summed E-state index contributed by atoms with van der Waals surface area (Å²) in [6, 6.07) is 0. The quantitative estimate of drug-likeness (QED) is 0.608. The van der Waals surface area contributed by atoms with Gasteiger partial charge in [0.05, 0.1) is 0 Å². The molecule has 0 atom stereocenters. The summed E-state index contributed by atoms with van der Waals surface area (Å²) in [5, 5.41) is 15.8. The topological polar surface area (TPSA) is 49.4 Å². The van der Waals surface area contributed by atoms with Crippen LogP contribution in [0.2, 0.25) is 0 Å². The Morgan fingerprint density at radius 1 is 0.857 bits per heavy atom. The maximum Gasteiger partial charge on any atom is 0.200 e. The van der Waals surface area contributed by atoms with Crippen LogP contribution in [0.4, 0.5) is 0 Å². The summed E-state index contributed by atoms with van der Waals surface area (Å²) in [5.74, 6) is 0. The second-order valence-corrected chi connectivity index (χ2v) is 6.18. The van der Waals surface area contributed by atoms with Crippen molar-refractivity contribution >= 4 is 0 Å². The molecule has 1 heterocycles. The van der Waals surface area contributed by atoms with E-state index >= 15 is 0 Å². The molecule has 0 spiro atoms. The molecule has 1 rings (SSSR count). The van der Waals surface area contributed by atoms with Gasteiger partial charge in [0.15, 0.2) is 0 Å². The lowest BCUT2D eigenvalue weighted by Crippen LogP contribution is -2.41. The molecule has 0 aromatic rings. The van der Waals surface area contributed by atoms with Crippen molar-refractivity contribution in [3.63, 3.8) is 0 Å². The summed E-state index contributed by atoms with van der Waals surface area (Å²) >= 11 is 0. The summed E-state index contributed by atoms with van der Waals surface area (Å²) < 4.78 is 0. The molecule has 0 saturated carbocycles. The Bertz CT molecular complexity index is 253. The first kappa shape index (κ1) is 11.3. The molecule has 0 unspecified atom stereocenters. The zero-order valence-electron chi connectivity index (χ0n) is 10.00. The molecule has 0 saturated heterocycles. The highest BCUT2D eigenvalue weighted by molar-refractivity contribution is 4.98. The molecule has 1 aliphatic rings. The molecule has 0 aliphatic carbocycles. The van der Waals surface area contributed by atoms with Gasteiger partial charge in [-0.1, -0.05) is 41.5 Å². The van der Waals surface area contributed by atoms with Crippen molar-refractivity contribution in [1.29, 1.82) is 0 Å². The van der Waals surface area contributed by atoms with Crippen LogP contribution < -0.4 is 0 Å². The minimum atomic E-state index is -0.467. The lowest BCUT2D eigenvalue weighted by molar-refractivity contribution is 0.131. The number of hydrogen-bond donors (Lipinski definition) is 0. The van der Waals surface area contributed by atoms with E-state index in [1.54, 1.807) is 0 Å². The maximum atomic E-state index is 4.22. The van der Waals surface area contributed by atoms with Crippen LogP contribution in [0.15, 0.2) is 20.7 Å². The highest BCUT2D eigenvalue weighted by Gasteiger charge is 2.47. The van der Waals surface area contributed by atoms with E-state index in [-0.39, 0.29) is 10.8 Å². The van der Waals surface area contributed by atoms with Crippen molar-refractivity contribution in [3.05, 3.63) is 0 Å². The van der Waals surface area contributed by atoms with Gasteiger partial charge >= 0.3 is 0 Å². The fourth-order valence-electron chi connectivity index (χ4n) is 1.58. The molecule has 14 heavy (non-hydrogen) atoms.